The summed E-state index contributed by atoms with van der Waals surface area (Å²) in [6, 6.07) is 14.0. The van der Waals surface area contributed by atoms with Crippen LogP contribution in [0.3, 0.4) is 0 Å². The third kappa shape index (κ3) is 6.63. The predicted octanol–water partition coefficient (Wildman–Crippen LogP) is 2.29. The Hall–Kier alpha value is -2.42. The van der Waals surface area contributed by atoms with Gasteiger partial charge in [-0.15, -0.1) is 0 Å². The number of ether oxygens (including phenoxy) is 2. The highest BCUT2D eigenvalue weighted by molar-refractivity contribution is 7.90. The lowest BCUT2D eigenvalue weighted by Crippen LogP contribution is -2.37. The molecule has 0 aliphatic heterocycles. The summed E-state index contributed by atoms with van der Waals surface area (Å²) in [5, 5.41) is 0. The molecule has 0 aliphatic carbocycles. The van der Waals surface area contributed by atoms with Gasteiger partial charge in [-0.05, 0) is 42.3 Å². The molecule has 7 nitrogen and oxygen atoms in total. The Morgan fingerprint density at radius 2 is 1.64 bits per heavy atom. The second-order valence-electron chi connectivity index (χ2n) is 6.17. The molecule has 0 heterocycles. The van der Waals surface area contributed by atoms with Crippen molar-refractivity contribution in [2.45, 2.75) is 31.0 Å². The van der Waals surface area contributed by atoms with Gasteiger partial charge < -0.3 is 9.47 Å². The molecule has 0 saturated heterocycles. The van der Waals surface area contributed by atoms with E-state index in [0.29, 0.717) is 25.4 Å². The van der Waals surface area contributed by atoms with E-state index in [1.165, 1.54) is 13.4 Å². The van der Waals surface area contributed by atoms with E-state index in [9.17, 15) is 13.2 Å². The van der Waals surface area contributed by atoms with Crippen molar-refractivity contribution >= 4 is 15.7 Å². The second kappa shape index (κ2) is 10.2. The number of benzene rings is 2. The number of rotatable bonds is 10. The number of hydrogen-bond acceptors (Lipinski definition) is 6. The van der Waals surface area contributed by atoms with Gasteiger partial charge in [-0.2, -0.15) is 0 Å². The van der Waals surface area contributed by atoms with Crippen LogP contribution in [0.5, 0.6) is 5.75 Å². The molecule has 0 aliphatic rings. The summed E-state index contributed by atoms with van der Waals surface area (Å²) in [6.45, 7) is 2.56. The predicted molar refractivity (Wildman–Crippen MR) is 105 cm³/mol. The summed E-state index contributed by atoms with van der Waals surface area (Å²) >= 11 is 0. The van der Waals surface area contributed by atoms with Crippen molar-refractivity contribution in [3.63, 3.8) is 0 Å². The van der Waals surface area contributed by atoms with Crippen molar-refractivity contribution in [3.8, 4) is 5.75 Å². The maximum Gasteiger partial charge on any atom is 0.272 e. The van der Waals surface area contributed by atoms with Gasteiger partial charge in [-0.25, -0.2) is 13.9 Å². The van der Waals surface area contributed by atoms with Crippen LogP contribution in [0, 0.1) is 0 Å². The van der Waals surface area contributed by atoms with Crippen molar-refractivity contribution in [1.82, 2.24) is 5.48 Å². The molecule has 0 aromatic heterocycles. The first-order valence-corrected chi connectivity index (χ1v) is 10.7. The molecular weight excluding hydrogens is 382 g/mol. The van der Waals surface area contributed by atoms with E-state index in [0.717, 1.165) is 11.1 Å². The first-order valence-electron chi connectivity index (χ1n) is 8.78. The minimum Gasteiger partial charge on any atom is -0.489 e. The molecule has 0 radical (unpaired) electrons. The highest BCUT2D eigenvalue weighted by Crippen LogP contribution is 2.17. The van der Waals surface area contributed by atoms with E-state index in [-0.39, 0.29) is 10.8 Å². The van der Waals surface area contributed by atoms with E-state index in [2.05, 4.69) is 10.3 Å². The molecule has 8 heteroatoms. The Balaban J connectivity index is 1.94. The van der Waals surface area contributed by atoms with Gasteiger partial charge in [-0.1, -0.05) is 24.3 Å². The van der Waals surface area contributed by atoms with Crippen LogP contribution in [0.25, 0.3) is 0 Å². The molecule has 1 N–H and O–H groups in total. The summed E-state index contributed by atoms with van der Waals surface area (Å²) in [4.78, 5) is 16.9. The highest BCUT2D eigenvalue weighted by atomic mass is 32.2. The molecule has 2 aromatic rings. The van der Waals surface area contributed by atoms with Gasteiger partial charge in [0.15, 0.2) is 9.84 Å². The molecule has 28 heavy (non-hydrogen) atoms. The van der Waals surface area contributed by atoms with Crippen LogP contribution >= 0.6 is 0 Å². The number of carbonyl (C=O) groups excluding carboxylic acids is 1. The zero-order valence-electron chi connectivity index (χ0n) is 16.2. The van der Waals surface area contributed by atoms with Gasteiger partial charge in [0.2, 0.25) is 0 Å². The van der Waals surface area contributed by atoms with Crippen LogP contribution in [0.2, 0.25) is 0 Å². The lowest BCUT2D eigenvalue weighted by Gasteiger charge is -2.16. The van der Waals surface area contributed by atoms with Crippen molar-refractivity contribution in [2.24, 2.45) is 0 Å². The fourth-order valence-electron chi connectivity index (χ4n) is 2.53. The smallest absolute Gasteiger partial charge is 0.272 e. The van der Waals surface area contributed by atoms with Crippen molar-refractivity contribution < 1.29 is 27.5 Å². The molecule has 2 aromatic carbocycles. The van der Waals surface area contributed by atoms with Crippen LogP contribution in [-0.2, 0) is 37.2 Å². The Labute approximate surface area is 165 Å². The number of amides is 1. The largest absolute Gasteiger partial charge is 0.489 e. The summed E-state index contributed by atoms with van der Waals surface area (Å²) in [5.74, 6) is 0.340. The van der Waals surface area contributed by atoms with E-state index in [1.54, 1.807) is 24.3 Å². The Morgan fingerprint density at radius 3 is 2.18 bits per heavy atom. The molecule has 152 valence electrons. The molecule has 0 saturated carbocycles. The van der Waals surface area contributed by atoms with E-state index >= 15 is 0 Å². The molecule has 1 amide bonds. The van der Waals surface area contributed by atoms with Gasteiger partial charge in [0.1, 0.15) is 18.5 Å². The minimum atomic E-state index is -3.20. The normalized spacial score (nSPS) is 12.4. The van der Waals surface area contributed by atoms with Crippen molar-refractivity contribution in [2.75, 3.05) is 20.0 Å². The molecule has 0 fully saturated rings. The first kappa shape index (κ1) is 21.9. The van der Waals surface area contributed by atoms with Crippen LogP contribution in [0.4, 0.5) is 0 Å². The molecular formula is C20H25NO6S. The van der Waals surface area contributed by atoms with Crippen LogP contribution in [0.1, 0.15) is 18.1 Å². The molecule has 0 spiro atoms. The summed E-state index contributed by atoms with van der Waals surface area (Å²) in [7, 11) is -1.83. The molecule has 2 rings (SSSR count). The topological polar surface area (TPSA) is 90.9 Å². The van der Waals surface area contributed by atoms with Crippen LogP contribution in [0.15, 0.2) is 53.4 Å². The zero-order valence-corrected chi connectivity index (χ0v) is 17.0. The van der Waals surface area contributed by atoms with Gasteiger partial charge in [0, 0.05) is 19.3 Å². The standard InChI is InChI=1S/C20H25NO6S/c1-4-26-19(20(22)21-25-2)13-15-5-9-17(10-6-15)27-14-16-7-11-18(12-8-16)28(3,23)24/h5-12,19H,4,13-14H2,1-3H3,(H,21,22). The number of hydroxylamine groups is 1. The highest BCUT2D eigenvalue weighted by Gasteiger charge is 2.19. The number of carbonyl (C=O) groups is 1. The Kier molecular flexibility index (Phi) is 7.98. The fourth-order valence-corrected chi connectivity index (χ4v) is 3.16. The second-order valence-corrected chi connectivity index (χ2v) is 8.18. The summed E-state index contributed by atoms with van der Waals surface area (Å²) < 4.78 is 34.2. The zero-order chi connectivity index (χ0) is 20.6. The third-order valence-electron chi connectivity index (χ3n) is 3.96. The third-order valence-corrected chi connectivity index (χ3v) is 5.09. The SMILES string of the molecule is CCOC(Cc1ccc(OCc2ccc(S(C)(=O)=O)cc2)cc1)C(=O)NOC. The first-order chi connectivity index (χ1) is 13.3. The van der Waals surface area contributed by atoms with Gasteiger partial charge in [-0.3, -0.25) is 9.63 Å². The van der Waals surface area contributed by atoms with E-state index in [1.807, 2.05) is 31.2 Å². The van der Waals surface area contributed by atoms with Gasteiger partial charge in [0.05, 0.1) is 12.0 Å². The fraction of sp³-hybridized carbons (Fsp3) is 0.350. The van der Waals surface area contributed by atoms with Crippen molar-refractivity contribution in [3.05, 3.63) is 59.7 Å². The van der Waals surface area contributed by atoms with Crippen molar-refractivity contribution in [1.29, 1.82) is 0 Å². The minimum absolute atomic E-state index is 0.280. The lowest BCUT2D eigenvalue weighted by molar-refractivity contribution is -0.143. The number of hydrogen-bond donors (Lipinski definition) is 1. The van der Waals surface area contributed by atoms with Crippen LogP contribution in [-0.4, -0.2) is 40.4 Å². The lowest BCUT2D eigenvalue weighted by atomic mass is 10.1. The summed E-state index contributed by atoms with van der Waals surface area (Å²) in [6.07, 6.45) is 0.954. The molecule has 1 atom stereocenters. The van der Waals surface area contributed by atoms with E-state index < -0.39 is 15.9 Å². The quantitative estimate of drug-likeness (QED) is 0.608. The average molecular weight is 407 g/mol. The monoisotopic (exact) mass is 407 g/mol. The number of nitrogens with one attached hydrogen (secondary N) is 1. The van der Waals surface area contributed by atoms with E-state index in [4.69, 9.17) is 9.47 Å². The Morgan fingerprint density at radius 1 is 1.04 bits per heavy atom. The molecule has 1 unspecified atom stereocenters. The maximum absolute atomic E-state index is 11.9. The molecule has 0 bridgehead atoms. The van der Waals surface area contributed by atoms with Gasteiger partial charge >= 0.3 is 0 Å². The average Bonchev–Trinajstić information content (AvgIpc) is 2.67. The number of sulfone groups is 1. The van der Waals surface area contributed by atoms with Crippen LogP contribution < -0.4 is 10.2 Å². The maximum atomic E-state index is 11.9. The summed E-state index contributed by atoms with van der Waals surface area (Å²) in [5.41, 5.74) is 4.08. The Bertz CT molecular complexity index is 863. The van der Waals surface area contributed by atoms with Gasteiger partial charge in [0.25, 0.3) is 5.91 Å².